The number of aromatic nitrogens is 1. The first-order valence-electron chi connectivity index (χ1n) is 6.53. The van der Waals surface area contributed by atoms with Gasteiger partial charge in [-0.15, -0.1) is 0 Å². The second-order valence-corrected chi connectivity index (χ2v) is 4.50. The Morgan fingerprint density at radius 2 is 2.00 bits per heavy atom. The van der Waals surface area contributed by atoms with E-state index >= 15 is 0 Å². The molecule has 1 aromatic rings. The van der Waals surface area contributed by atoms with Crippen LogP contribution >= 0.6 is 11.6 Å². The zero-order chi connectivity index (χ0) is 15.0. The molecule has 2 amide bonds. The summed E-state index contributed by atoms with van der Waals surface area (Å²) in [5.41, 5.74) is 0.108. The fourth-order valence-electron chi connectivity index (χ4n) is 1.46. The molecular formula is C13H19ClN4O2. The number of hydrogen-bond acceptors (Lipinski definition) is 4. The minimum absolute atomic E-state index is 0.0999. The van der Waals surface area contributed by atoms with Crippen molar-refractivity contribution < 1.29 is 9.59 Å². The van der Waals surface area contributed by atoms with Crippen molar-refractivity contribution in [3.63, 3.8) is 0 Å². The van der Waals surface area contributed by atoms with Gasteiger partial charge < -0.3 is 16.0 Å². The summed E-state index contributed by atoms with van der Waals surface area (Å²) in [7, 11) is 0. The topological polar surface area (TPSA) is 83.1 Å². The van der Waals surface area contributed by atoms with E-state index in [1.54, 1.807) is 19.1 Å². The Labute approximate surface area is 123 Å². The molecule has 0 aliphatic carbocycles. The molecule has 0 bridgehead atoms. The lowest BCUT2D eigenvalue weighted by atomic mass is 10.3. The number of hydrogen-bond donors (Lipinski definition) is 3. The Kier molecular flexibility index (Phi) is 6.79. The van der Waals surface area contributed by atoms with E-state index in [2.05, 4.69) is 20.9 Å². The highest BCUT2D eigenvalue weighted by Gasteiger charge is 2.14. The maximum absolute atomic E-state index is 11.9. The van der Waals surface area contributed by atoms with Gasteiger partial charge in [-0.3, -0.25) is 9.59 Å². The fourth-order valence-corrected chi connectivity index (χ4v) is 1.65. The summed E-state index contributed by atoms with van der Waals surface area (Å²) in [5.74, 6) is -0.141. The van der Waals surface area contributed by atoms with Crippen LogP contribution in [0.4, 0.5) is 5.82 Å². The van der Waals surface area contributed by atoms with Gasteiger partial charge in [0.2, 0.25) is 5.91 Å². The molecule has 0 unspecified atom stereocenters. The lowest BCUT2D eigenvalue weighted by Gasteiger charge is -2.09. The second kappa shape index (κ2) is 8.37. The van der Waals surface area contributed by atoms with Gasteiger partial charge in [-0.05, 0) is 25.5 Å². The van der Waals surface area contributed by atoms with E-state index in [-0.39, 0.29) is 23.2 Å². The monoisotopic (exact) mass is 298 g/mol. The van der Waals surface area contributed by atoms with Crippen molar-refractivity contribution in [2.45, 2.75) is 20.3 Å². The van der Waals surface area contributed by atoms with Gasteiger partial charge in [-0.2, -0.15) is 0 Å². The standard InChI is InChI=1S/C13H19ClN4O2/c1-3-7-16-10-6-5-9(14)12(18-10)13(20)17-8-11(19)15-4-2/h5-6H,3-4,7-8H2,1-2H3,(H,15,19)(H,16,18)(H,17,20). The Bertz CT molecular complexity index is 479. The molecule has 0 aliphatic heterocycles. The predicted molar refractivity (Wildman–Crippen MR) is 79.0 cm³/mol. The van der Waals surface area contributed by atoms with E-state index in [1.807, 2.05) is 6.92 Å². The van der Waals surface area contributed by atoms with Crippen molar-refractivity contribution >= 4 is 29.2 Å². The van der Waals surface area contributed by atoms with Crippen molar-refractivity contribution in [1.82, 2.24) is 15.6 Å². The van der Waals surface area contributed by atoms with Crippen LogP contribution in [0.5, 0.6) is 0 Å². The third kappa shape index (κ3) is 5.05. The molecule has 6 nitrogen and oxygen atoms in total. The molecule has 0 spiro atoms. The summed E-state index contributed by atoms with van der Waals surface area (Å²) in [6.07, 6.45) is 0.947. The minimum Gasteiger partial charge on any atom is -0.370 e. The lowest BCUT2D eigenvalue weighted by molar-refractivity contribution is -0.120. The van der Waals surface area contributed by atoms with Crippen LogP contribution in [0.2, 0.25) is 5.02 Å². The molecular weight excluding hydrogens is 280 g/mol. The van der Waals surface area contributed by atoms with Gasteiger partial charge in [-0.1, -0.05) is 18.5 Å². The summed E-state index contributed by atoms with van der Waals surface area (Å²) >= 11 is 5.95. The zero-order valence-electron chi connectivity index (χ0n) is 11.6. The van der Waals surface area contributed by atoms with E-state index < -0.39 is 5.91 Å². The molecule has 0 atom stereocenters. The molecule has 1 rings (SSSR count). The molecule has 0 aliphatic rings. The Morgan fingerprint density at radius 1 is 1.25 bits per heavy atom. The Hall–Kier alpha value is -1.82. The van der Waals surface area contributed by atoms with Crippen LogP contribution in [-0.2, 0) is 4.79 Å². The van der Waals surface area contributed by atoms with Gasteiger partial charge in [0.15, 0.2) is 0 Å². The van der Waals surface area contributed by atoms with Gasteiger partial charge in [0.05, 0.1) is 11.6 Å². The van der Waals surface area contributed by atoms with Gasteiger partial charge in [0.25, 0.3) is 5.91 Å². The number of carbonyl (C=O) groups excluding carboxylic acids is 2. The van der Waals surface area contributed by atoms with Gasteiger partial charge in [0, 0.05) is 13.1 Å². The highest BCUT2D eigenvalue weighted by molar-refractivity contribution is 6.33. The highest BCUT2D eigenvalue weighted by Crippen LogP contribution is 2.16. The SMILES string of the molecule is CCCNc1ccc(Cl)c(C(=O)NCC(=O)NCC)n1. The number of pyridine rings is 1. The van der Waals surface area contributed by atoms with Crippen molar-refractivity contribution in [3.05, 3.63) is 22.8 Å². The predicted octanol–water partition coefficient (Wildman–Crippen LogP) is 1.42. The van der Waals surface area contributed by atoms with Gasteiger partial charge in [0.1, 0.15) is 11.5 Å². The number of nitrogens with zero attached hydrogens (tertiary/aromatic N) is 1. The molecule has 20 heavy (non-hydrogen) atoms. The quantitative estimate of drug-likeness (QED) is 0.711. The number of rotatable bonds is 7. The van der Waals surface area contributed by atoms with Crippen molar-refractivity contribution in [2.24, 2.45) is 0 Å². The van der Waals surface area contributed by atoms with Crippen LogP contribution < -0.4 is 16.0 Å². The van der Waals surface area contributed by atoms with Crippen LogP contribution in [0.3, 0.4) is 0 Å². The first-order chi connectivity index (χ1) is 9.58. The summed E-state index contributed by atoms with van der Waals surface area (Å²) in [4.78, 5) is 27.4. The van der Waals surface area contributed by atoms with Crippen LogP contribution in [0.1, 0.15) is 30.8 Å². The Morgan fingerprint density at radius 3 is 2.65 bits per heavy atom. The van der Waals surface area contributed by atoms with Crippen LogP contribution in [-0.4, -0.2) is 36.4 Å². The first-order valence-corrected chi connectivity index (χ1v) is 6.91. The van der Waals surface area contributed by atoms with Crippen molar-refractivity contribution in [1.29, 1.82) is 0 Å². The van der Waals surface area contributed by atoms with Gasteiger partial charge >= 0.3 is 0 Å². The third-order valence-corrected chi connectivity index (χ3v) is 2.71. The normalized spacial score (nSPS) is 9.95. The van der Waals surface area contributed by atoms with E-state index in [0.29, 0.717) is 12.4 Å². The molecule has 0 radical (unpaired) electrons. The van der Waals surface area contributed by atoms with Crippen molar-refractivity contribution in [2.75, 3.05) is 25.0 Å². The number of halogens is 1. The average Bonchev–Trinajstić information content (AvgIpc) is 2.44. The molecule has 0 aromatic carbocycles. The van der Waals surface area contributed by atoms with E-state index in [9.17, 15) is 9.59 Å². The lowest BCUT2D eigenvalue weighted by Crippen LogP contribution is -2.37. The third-order valence-electron chi connectivity index (χ3n) is 2.40. The second-order valence-electron chi connectivity index (χ2n) is 4.09. The van der Waals surface area contributed by atoms with Crippen LogP contribution in [0.25, 0.3) is 0 Å². The molecule has 1 aromatic heterocycles. The first kappa shape index (κ1) is 16.2. The summed E-state index contributed by atoms with van der Waals surface area (Å²) < 4.78 is 0. The van der Waals surface area contributed by atoms with E-state index in [4.69, 9.17) is 11.6 Å². The number of anilines is 1. The maximum atomic E-state index is 11.9. The smallest absolute Gasteiger partial charge is 0.271 e. The molecule has 7 heteroatoms. The maximum Gasteiger partial charge on any atom is 0.271 e. The summed E-state index contributed by atoms with van der Waals surface area (Å²) in [5, 5.41) is 8.39. The number of nitrogens with one attached hydrogen (secondary N) is 3. The van der Waals surface area contributed by atoms with Crippen molar-refractivity contribution in [3.8, 4) is 0 Å². The summed E-state index contributed by atoms with van der Waals surface area (Å²) in [6, 6.07) is 3.31. The number of amides is 2. The molecule has 110 valence electrons. The Balaban J connectivity index is 2.68. The highest BCUT2D eigenvalue weighted by atomic mass is 35.5. The largest absolute Gasteiger partial charge is 0.370 e. The van der Waals surface area contributed by atoms with Crippen LogP contribution in [0, 0.1) is 0 Å². The van der Waals surface area contributed by atoms with Gasteiger partial charge in [-0.25, -0.2) is 4.98 Å². The average molecular weight is 299 g/mol. The number of likely N-dealkylation sites (N-methyl/N-ethyl adjacent to an activating group) is 1. The minimum atomic E-state index is -0.471. The summed E-state index contributed by atoms with van der Waals surface area (Å²) in [6.45, 7) is 5.01. The molecule has 0 fully saturated rings. The zero-order valence-corrected chi connectivity index (χ0v) is 12.4. The number of carbonyl (C=O) groups is 2. The molecule has 0 saturated heterocycles. The molecule has 0 saturated carbocycles. The van der Waals surface area contributed by atoms with E-state index in [1.165, 1.54) is 0 Å². The molecule has 3 N–H and O–H groups in total. The molecule has 1 heterocycles. The van der Waals surface area contributed by atoms with Crippen LogP contribution in [0.15, 0.2) is 12.1 Å². The van der Waals surface area contributed by atoms with E-state index in [0.717, 1.165) is 13.0 Å². The fraction of sp³-hybridized carbons (Fsp3) is 0.462.